The minimum Gasteiger partial charge on any atom is -0.352 e. The second-order valence-corrected chi connectivity index (χ2v) is 7.66. The summed E-state index contributed by atoms with van der Waals surface area (Å²) in [6.07, 6.45) is -3.17. The number of anilines is 2. The van der Waals surface area contributed by atoms with Crippen LogP contribution in [0.5, 0.6) is 0 Å². The Hall–Kier alpha value is -3.81. The van der Waals surface area contributed by atoms with E-state index in [0.717, 1.165) is 24.1 Å². The van der Waals surface area contributed by atoms with Crippen LogP contribution >= 0.6 is 0 Å². The fourth-order valence-corrected chi connectivity index (χ4v) is 3.35. The predicted octanol–water partition coefficient (Wildman–Crippen LogP) is 6.13. The summed E-state index contributed by atoms with van der Waals surface area (Å²) in [6.45, 7) is 2.62. The van der Waals surface area contributed by atoms with E-state index >= 15 is 0 Å². The summed E-state index contributed by atoms with van der Waals surface area (Å²) in [7, 11) is 0. The van der Waals surface area contributed by atoms with Crippen molar-refractivity contribution < 1.29 is 22.8 Å². The van der Waals surface area contributed by atoms with Crippen LogP contribution in [0.25, 0.3) is 0 Å². The van der Waals surface area contributed by atoms with Gasteiger partial charge in [0.1, 0.15) is 0 Å². The maximum Gasteiger partial charge on any atom is 0.416 e. The summed E-state index contributed by atoms with van der Waals surface area (Å²) in [4.78, 5) is 26.7. The molecular weight excluding hydrogens is 443 g/mol. The molecule has 5 nitrogen and oxygen atoms in total. The van der Waals surface area contributed by atoms with Crippen molar-refractivity contribution in [2.45, 2.75) is 25.9 Å². The largest absolute Gasteiger partial charge is 0.416 e. The zero-order valence-electron chi connectivity index (χ0n) is 18.7. The third-order valence-corrected chi connectivity index (χ3v) is 5.22. The van der Waals surface area contributed by atoms with Crippen LogP contribution < -0.4 is 15.5 Å². The molecule has 0 saturated carbocycles. The van der Waals surface area contributed by atoms with Crippen LogP contribution in [0.2, 0.25) is 0 Å². The van der Waals surface area contributed by atoms with E-state index < -0.39 is 17.8 Å². The second kappa shape index (κ2) is 11.4. The van der Waals surface area contributed by atoms with Gasteiger partial charge >= 0.3 is 12.2 Å². The molecule has 3 aromatic rings. The summed E-state index contributed by atoms with van der Waals surface area (Å²) >= 11 is 0. The first kappa shape index (κ1) is 24.8. The Bertz CT molecular complexity index is 1100. The zero-order valence-corrected chi connectivity index (χ0v) is 18.7. The van der Waals surface area contributed by atoms with Crippen molar-refractivity contribution in [3.05, 3.63) is 95.6 Å². The number of rotatable bonds is 8. The molecule has 3 amide bonds. The lowest BCUT2D eigenvalue weighted by atomic mass is 10.1. The molecule has 34 heavy (non-hydrogen) atoms. The van der Waals surface area contributed by atoms with E-state index in [2.05, 4.69) is 10.6 Å². The first-order valence-corrected chi connectivity index (χ1v) is 11.0. The van der Waals surface area contributed by atoms with Gasteiger partial charge in [-0.25, -0.2) is 4.79 Å². The molecule has 0 spiro atoms. The number of benzene rings is 3. The number of para-hydroxylation sites is 1. The molecule has 0 aliphatic heterocycles. The lowest BCUT2D eigenvalue weighted by Crippen LogP contribution is -2.37. The topological polar surface area (TPSA) is 61.4 Å². The van der Waals surface area contributed by atoms with E-state index in [1.807, 2.05) is 19.1 Å². The quantitative estimate of drug-likeness (QED) is 0.390. The van der Waals surface area contributed by atoms with Crippen LogP contribution in [0, 0.1) is 0 Å². The van der Waals surface area contributed by atoms with E-state index in [-0.39, 0.29) is 18.1 Å². The van der Waals surface area contributed by atoms with E-state index in [1.165, 1.54) is 17.0 Å². The normalized spacial score (nSPS) is 11.1. The van der Waals surface area contributed by atoms with Gasteiger partial charge in [-0.3, -0.25) is 9.69 Å². The summed E-state index contributed by atoms with van der Waals surface area (Å²) in [5.74, 6) is -0.206. The molecule has 0 saturated heterocycles. The van der Waals surface area contributed by atoms with Crippen LogP contribution in [0.15, 0.2) is 78.9 Å². The first-order chi connectivity index (χ1) is 16.3. The second-order valence-electron chi connectivity index (χ2n) is 7.66. The molecule has 178 valence electrons. The monoisotopic (exact) mass is 469 g/mol. The van der Waals surface area contributed by atoms with Gasteiger partial charge in [0, 0.05) is 30.0 Å². The van der Waals surface area contributed by atoms with Crippen molar-refractivity contribution in [2.75, 3.05) is 23.3 Å². The molecule has 0 fully saturated rings. The molecule has 0 aliphatic rings. The molecule has 0 bridgehead atoms. The number of nitrogens with one attached hydrogen (secondary N) is 2. The standard InChI is InChI=1S/C26H26F3N3O2/c1-2-19-12-14-20(15-13-19)24(33)30-16-7-17-32(23-10-4-3-5-11-23)25(34)31-22-9-6-8-21(18-22)26(27,28)29/h3-6,8-15,18H,2,7,16-17H2,1H3,(H,30,33)(H,31,34). The Kier molecular flexibility index (Phi) is 8.29. The summed E-state index contributed by atoms with van der Waals surface area (Å²) in [5, 5.41) is 5.37. The molecule has 0 aliphatic carbocycles. The lowest BCUT2D eigenvalue weighted by Gasteiger charge is -2.23. The summed E-state index contributed by atoms with van der Waals surface area (Å²) < 4.78 is 39.0. The highest BCUT2D eigenvalue weighted by atomic mass is 19.4. The molecule has 0 unspecified atom stereocenters. The molecule has 0 heterocycles. The molecule has 3 rings (SSSR count). The highest BCUT2D eigenvalue weighted by Crippen LogP contribution is 2.30. The predicted molar refractivity (Wildman–Crippen MR) is 127 cm³/mol. The fourth-order valence-electron chi connectivity index (χ4n) is 3.35. The Balaban J connectivity index is 1.62. The van der Waals surface area contributed by atoms with Crippen LogP contribution in [0.3, 0.4) is 0 Å². The number of nitrogens with zero attached hydrogens (tertiary/aromatic N) is 1. The average molecular weight is 470 g/mol. The van der Waals surface area contributed by atoms with Crippen LogP contribution in [-0.2, 0) is 12.6 Å². The third-order valence-electron chi connectivity index (χ3n) is 5.22. The maximum atomic E-state index is 13.0. The van der Waals surface area contributed by atoms with Crippen molar-refractivity contribution in [2.24, 2.45) is 0 Å². The highest BCUT2D eigenvalue weighted by molar-refractivity contribution is 6.01. The van der Waals surface area contributed by atoms with Crippen molar-refractivity contribution >= 4 is 23.3 Å². The third kappa shape index (κ3) is 6.84. The Morgan fingerprint density at radius 1 is 0.912 bits per heavy atom. The Morgan fingerprint density at radius 2 is 1.62 bits per heavy atom. The number of carbonyl (C=O) groups is 2. The molecule has 3 aromatic carbocycles. The van der Waals surface area contributed by atoms with E-state index in [9.17, 15) is 22.8 Å². The number of urea groups is 1. The smallest absolute Gasteiger partial charge is 0.352 e. The van der Waals surface area contributed by atoms with Crippen LogP contribution in [0.1, 0.15) is 34.8 Å². The van der Waals surface area contributed by atoms with Gasteiger partial charge in [0.2, 0.25) is 0 Å². The lowest BCUT2D eigenvalue weighted by molar-refractivity contribution is -0.137. The highest BCUT2D eigenvalue weighted by Gasteiger charge is 2.30. The SMILES string of the molecule is CCc1ccc(C(=O)NCCCN(C(=O)Nc2cccc(C(F)(F)F)c2)c2ccccc2)cc1. The van der Waals surface area contributed by atoms with Crippen LogP contribution in [-0.4, -0.2) is 25.0 Å². The minimum absolute atomic E-state index is 0.0459. The molecule has 2 N–H and O–H groups in total. The van der Waals surface area contributed by atoms with Gasteiger partial charge in [-0.1, -0.05) is 43.3 Å². The van der Waals surface area contributed by atoms with Crippen molar-refractivity contribution in [3.8, 4) is 0 Å². The number of hydrogen-bond acceptors (Lipinski definition) is 2. The number of halogens is 3. The van der Waals surface area contributed by atoms with E-state index in [4.69, 9.17) is 0 Å². The van der Waals surface area contributed by atoms with Crippen LogP contribution in [0.4, 0.5) is 29.3 Å². The average Bonchev–Trinajstić information content (AvgIpc) is 2.84. The van der Waals surface area contributed by atoms with Crippen molar-refractivity contribution in [1.29, 1.82) is 0 Å². The van der Waals surface area contributed by atoms with Gasteiger partial charge in [-0.2, -0.15) is 13.2 Å². The number of aryl methyl sites for hydroxylation is 1. The minimum atomic E-state index is -4.51. The first-order valence-electron chi connectivity index (χ1n) is 11.0. The fraction of sp³-hybridized carbons (Fsp3) is 0.231. The Labute approximate surface area is 196 Å². The van der Waals surface area contributed by atoms with Gasteiger partial charge in [0.05, 0.1) is 5.56 Å². The number of hydrogen-bond donors (Lipinski definition) is 2. The molecule has 0 radical (unpaired) electrons. The zero-order chi connectivity index (χ0) is 24.6. The molecule has 0 aromatic heterocycles. The van der Waals surface area contributed by atoms with E-state index in [1.54, 1.807) is 42.5 Å². The molecule has 0 atom stereocenters. The summed E-state index contributed by atoms with van der Waals surface area (Å²) in [6, 6.07) is 20.1. The van der Waals surface area contributed by atoms with Crippen molar-refractivity contribution in [3.63, 3.8) is 0 Å². The van der Waals surface area contributed by atoms with E-state index in [0.29, 0.717) is 24.2 Å². The number of amides is 3. The molecular formula is C26H26F3N3O2. The maximum absolute atomic E-state index is 13.0. The van der Waals surface area contributed by atoms with Gasteiger partial charge in [0.15, 0.2) is 0 Å². The summed E-state index contributed by atoms with van der Waals surface area (Å²) in [5.41, 5.74) is 1.49. The number of alkyl halides is 3. The number of carbonyl (C=O) groups excluding carboxylic acids is 2. The van der Waals surface area contributed by atoms with Gasteiger partial charge < -0.3 is 10.6 Å². The molecule has 8 heteroatoms. The Morgan fingerprint density at radius 3 is 2.26 bits per heavy atom. The van der Waals surface area contributed by atoms with Gasteiger partial charge in [0.25, 0.3) is 5.91 Å². The van der Waals surface area contributed by atoms with Gasteiger partial charge in [-0.15, -0.1) is 0 Å². The van der Waals surface area contributed by atoms with Gasteiger partial charge in [-0.05, 0) is 60.9 Å². The van der Waals surface area contributed by atoms with Crippen molar-refractivity contribution in [1.82, 2.24) is 5.32 Å².